The molecule has 0 aliphatic heterocycles. The van der Waals surface area contributed by atoms with Gasteiger partial charge in [-0.2, -0.15) is 5.10 Å². The van der Waals surface area contributed by atoms with E-state index in [4.69, 9.17) is 0 Å². The molecule has 1 heterocycles. The van der Waals surface area contributed by atoms with Crippen molar-refractivity contribution in [3.8, 4) is 16.9 Å². The van der Waals surface area contributed by atoms with Gasteiger partial charge < -0.3 is 5.32 Å². The van der Waals surface area contributed by atoms with Crippen LogP contribution in [0.2, 0.25) is 0 Å². The molecule has 1 amide bonds. The molecule has 162 valence electrons. The molecule has 32 heavy (non-hydrogen) atoms. The fourth-order valence-electron chi connectivity index (χ4n) is 3.62. The normalized spacial score (nSPS) is 11.8. The van der Waals surface area contributed by atoms with Crippen molar-refractivity contribution in [1.82, 2.24) is 15.1 Å². The first-order valence-electron chi connectivity index (χ1n) is 10.8. The molecule has 0 saturated carbocycles. The lowest BCUT2D eigenvalue weighted by molar-refractivity contribution is 0.0930. The zero-order chi connectivity index (χ0) is 22.5. The number of carbonyl (C=O) groups excluding carboxylic acids is 1. The largest absolute Gasteiger partial charge is 0.348 e. The number of benzene rings is 3. The number of amides is 1. The Morgan fingerprint density at radius 2 is 1.69 bits per heavy atom. The Balaban J connectivity index is 1.60. The van der Waals surface area contributed by atoms with Crippen LogP contribution >= 0.6 is 0 Å². The van der Waals surface area contributed by atoms with E-state index in [1.807, 2.05) is 56.3 Å². The van der Waals surface area contributed by atoms with Crippen molar-refractivity contribution < 1.29 is 9.18 Å². The summed E-state index contributed by atoms with van der Waals surface area (Å²) in [5.41, 5.74) is 4.25. The molecule has 4 aromatic rings. The molecule has 4 rings (SSSR count). The first kappa shape index (κ1) is 21.5. The Hall–Kier alpha value is -3.73. The summed E-state index contributed by atoms with van der Waals surface area (Å²) in [5, 5.41) is 7.65. The van der Waals surface area contributed by atoms with Crippen LogP contribution < -0.4 is 5.32 Å². The first-order chi connectivity index (χ1) is 15.5. The van der Waals surface area contributed by atoms with Gasteiger partial charge >= 0.3 is 0 Å². The molecule has 0 radical (unpaired) electrons. The van der Waals surface area contributed by atoms with Crippen molar-refractivity contribution in [1.29, 1.82) is 0 Å². The molecule has 3 aromatic carbocycles. The standard InChI is InChI=1S/C27H26FN3O/c1-19-12-16-22(17-13-19)31-26(18-25(30-31)23-10-6-7-11-24(23)28)27(32)29-20(2)14-15-21-8-4-3-5-9-21/h3-13,16-18,20H,14-15H2,1-2H3,(H,29,32). The molecule has 0 aliphatic rings. The van der Waals surface area contributed by atoms with Crippen LogP contribution in [-0.2, 0) is 6.42 Å². The van der Waals surface area contributed by atoms with E-state index in [-0.39, 0.29) is 17.8 Å². The topological polar surface area (TPSA) is 46.9 Å². The van der Waals surface area contributed by atoms with Gasteiger partial charge in [0, 0.05) is 11.6 Å². The number of halogens is 1. The highest BCUT2D eigenvalue weighted by Gasteiger charge is 2.20. The number of nitrogens with one attached hydrogen (secondary N) is 1. The van der Waals surface area contributed by atoms with Gasteiger partial charge in [0.1, 0.15) is 11.5 Å². The maximum atomic E-state index is 14.4. The van der Waals surface area contributed by atoms with Crippen LogP contribution in [0.4, 0.5) is 4.39 Å². The number of aryl methyl sites for hydroxylation is 2. The highest BCUT2D eigenvalue weighted by molar-refractivity contribution is 5.94. The summed E-state index contributed by atoms with van der Waals surface area (Å²) < 4.78 is 16.0. The SMILES string of the molecule is Cc1ccc(-n2nc(-c3ccccc3F)cc2C(=O)NC(C)CCc2ccccc2)cc1. The summed E-state index contributed by atoms with van der Waals surface area (Å²) >= 11 is 0. The van der Waals surface area contributed by atoms with Crippen LogP contribution in [0, 0.1) is 12.7 Å². The van der Waals surface area contributed by atoms with Gasteiger partial charge in [-0.15, -0.1) is 0 Å². The van der Waals surface area contributed by atoms with Gasteiger partial charge in [0.05, 0.1) is 11.4 Å². The molecule has 0 spiro atoms. The minimum atomic E-state index is -0.371. The average molecular weight is 428 g/mol. The van der Waals surface area contributed by atoms with Gasteiger partial charge in [-0.25, -0.2) is 9.07 Å². The van der Waals surface area contributed by atoms with Crippen LogP contribution in [0.25, 0.3) is 16.9 Å². The van der Waals surface area contributed by atoms with Crippen molar-refractivity contribution in [3.05, 3.63) is 108 Å². The molecule has 1 N–H and O–H groups in total. The van der Waals surface area contributed by atoms with E-state index in [2.05, 4.69) is 22.5 Å². The van der Waals surface area contributed by atoms with E-state index in [0.717, 1.165) is 24.1 Å². The third kappa shape index (κ3) is 4.94. The monoisotopic (exact) mass is 427 g/mol. The fraction of sp³-hybridized carbons (Fsp3) is 0.185. The van der Waals surface area contributed by atoms with Gasteiger partial charge in [-0.3, -0.25) is 4.79 Å². The zero-order valence-electron chi connectivity index (χ0n) is 18.3. The van der Waals surface area contributed by atoms with E-state index in [9.17, 15) is 9.18 Å². The summed E-state index contributed by atoms with van der Waals surface area (Å²) in [6, 6.07) is 26.0. The lowest BCUT2D eigenvalue weighted by Crippen LogP contribution is -2.34. The Morgan fingerprint density at radius 3 is 2.41 bits per heavy atom. The van der Waals surface area contributed by atoms with Crippen LogP contribution in [-0.4, -0.2) is 21.7 Å². The molecule has 0 saturated heterocycles. The van der Waals surface area contributed by atoms with Gasteiger partial charge in [-0.1, -0.05) is 60.2 Å². The Kier molecular flexibility index (Phi) is 6.45. The highest BCUT2D eigenvalue weighted by atomic mass is 19.1. The minimum Gasteiger partial charge on any atom is -0.348 e. The van der Waals surface area contributed by atoms with Crippen LogP contribution in [0.5, 0.6) is 0 Å². The lowest BCUT2D eigenvalue weighted by Gasteiger charge is -2.15. The maximum Gasteiger partial charge on any atom is 0.270 e. The Bertz CT molecular complexity index is 1200. The number of rotatable bonds is 7. The van der Waals surface area contributed by atoms with Crippen LogP contribution in [0.3, 0.4) is 0 Å². The maximum absolute atomic E-state index is 14.4. The second kappa shape index (κ2) is 9.60. The van der Waals surface area contributed by atoms with Gasteiger partial charge in [-0.05, 0) is 62.6 Å². The van der Waals surface area contributed by atoms with E-state index in [0.29, 0.717) is 17.0 Å². The van der Waals surface area contributed by atoms with Crippen LogP contribution in [0.15, 0.2) is 84.9 Å². The van der Waals surface area contributed by atoms with Crippen molar-refractivity contribution in [2.24, 2.45) is 0 Å². The predicted octanol–water partition coefficient (Wildman–Crippen LogP) is 5.74. The summed E-state index contributed by atoms with van der Waals surface area (Å²) in [6.07, 6.45) is 1.69. The third-order valence-corrected chi connectivity index (χ3v) is 5.46. The summed E-state index contributed by atoms with van der Waals surface area (Å²) in [4.78, 5) is 13.2. The van der Waals surface area contributed by atoms with Gasteiger partial charge in [0.2, 0.25) is 0 Å². The van der Waals surface area contributed by atoms with Crippen LogP contribution in [0.1, 0.15) is 35.0 Å². The van der Waals surface area contributed by atoms with Crippen molar-refractivity contribution in [3.63, 3.8) is 0 Å². The van der Waals surface area contributed by atoms with Gasteiger partial charge in [0.15, 0.2) is 0 Å². The molecular formula is C27H26FN3O. The summed E-state index contributed by atoms with van der Waals surface area (Å²) in [7, 11) is 0. The Labute approximate surface area is 187 Å². The second-order valence-electron chi connectivity index (χ2n) is 8.04. The lowest BCUT2D eigenvalue weighted by atomic mass is 10.1. The Morgan fingerprint density at radius 1 is 1.00 bits per heavy atom. The molecular weight excluding hydrogens is 401 g/mol. The molecule has 1 aromatic heterocycles. The molecule has 4 nitrogen and oxygen atoms in total. The van der Waals surface area contributed by atoms with Crippen molar-refractivity contribution in [2.45, 2.75) is 32.7 Å². The van der Waals surface area contributed by atoms with Gasteiger partial charge in [0.25, 0.3) is 5.91 Å². The smallest absolute Gasteiger partial charge is 0.270 e. The molecule has 1 unspecified atom stereocenters. The molecule has 0 bridgehead atoms. The van der Waals surface area contributed by atoms with E-state index in [1.165, 1.54) is 11.6 Å². The van der Waals surface area contributed by atoms with E-state index >= 15 is 0 Å². The van der Waals surface area contributed by atoms with E-state index in [1.54, 1.807) is 28.9 Å². The number of hydrogen-bond donors (Lipinski definition) is 1. The first-order valence-corrected chi connectivity index (χ1v) is 10.8. The minimum absolute atomic E-state index is 0.0269. The predicted molar refractivity (Wildman–Crippen MR) is 125 cm³/mol. The molecule has 0 aliphatic carbocycles. The summed E-state index contributed by atoms with van der Waals surface area (Å²) in [5.74, 6) is -0.606. The highest BCUT2D eigenvalue weighted by Crippen LogP contribution is 2.24. The quantitative estimate of drug-likeness (QED) is 0.409. The second-order valence-corrected chi connectivity index (χ2v) is 8.04. The number of nitrogens with zero attached hydrogens (tertiary/aromatic N) is 2. The molecule has 0 fully saturated rings. The fourth-order valence-corrected chi connectivity index (χ4v) is 3.62. The zero-order valence-corrected chi connectivity index (χ0v) is 18.3. The number of carbonyl (C=O) groups is 1. The van der Waals surface area contributed by atoms with Crippen molar-refractivity contribution >= 4 is 5.91 Å². The third-order valence-electron chi connectivity index (χ3n) is 5.46. The van der Waals surface area contributed by atoms with Crippen molar-refractivity contribution in [2.75, 3.05) is 0 Å². The average Bonchev–Trinajstić information content (AvgIpc) is 3.24. The summed E-state index contributed by atoms with van der Waals surface area (Å²) in [6.45, 7) is 3.99. The molecule has 5 heteroatoms. The number of aromatic nitrogens is 2. The van der Waals surface area contributed by atoms with E-state index < -0.39 is 0 Å². The number of hydrogen-bond acceptors (Lipinski definition) is 2. The molecule has 1 atom stereocenters.